The molecule has 0 radical (unpaired) electrons. The third kappa shape index (κ3) is 4.35. The second kappa shape index (κ2) is 7.47. The number of nitrogens with one attached hydrogen (secondary N) is 1. The van der Waals surface area contributed by atoms with Crippen LogP contribution in [0.5, 0.6) is 5.75 Å². The van der Waals surface area contributed by atoms with Crippen LogP contribution >= 0.6 is 23.4 Å². The molecular formula is C15H12ClF2NO2S. The van der Waals surface area contributed by atoms with Gasteiger partial charge < -0.3 is 10.1 Å². The van der Waals surface area contributed by atoms with Gasteiger partial charge in [0.15, 0.2) is 0 Å². The minimum absolute atomic E-state index is 0.293. The number of ether oxygens (including phenoxy) is 1. The van der Waals surface area contributed by atoms with E-state index in [1.165, 1.54) is 25.3 Å². The molecule has 0 aliphatic heterocycles. The van der Waals surface area contributed by atoms with Crippen molar-refractivity contribution in [2.24, 2.45) is 0 Å². The number of carbonyl (C=O) groups excluding carboxylic acids is 1. The Balaban J connectivity index is 2.13. The zero-order valence-electron chi connectivity index (χ0n) is 11.5. The molecule has 0 unspecified atom stereocenters. The van der Waals surface area contributed by atoms with Gasteiger partial charge in [0.2, 0.25) is 0 Å². The number of benzene rings is 2. The highest BCUT2D eigenvalue weighted by Crippen LogP contribution is 2.27. The Bertz CT molecular complexity index is 665. The summed E-state index contributed by atoms with van der Waals surface area (Å²) >= 11 is 6.33. The lowest BCUT2D eigenvalue weighted by atomic mass is 10.2. The van der Waals surface area contributed by atoms with Crippen LogP contribution in [0.1, 0.15) is 10.4 Å². The van der Waals surface area contributed by atoms with E-state index in [2.05, 4.69) is 5.32 Å². The zero-order valence-corrected chi connectivity index (χ0v) is 13.0. The van der Waals surface area contributed by atoms with E-state index in [0.29, 0.717) is 38.7 Å². The normalized spacial score (nSPS) is 10.6. The minimum atomic E-state index is -2.48. The molecule has 0 aliphatic rings. The first-order chi connectivity index (χ1) is 10.5. The molecule has 0 spiro atoms. The largest absolute Gasteiger partial charge is 0.496 e. The fourth-order valence-electron chi connectivity index (χ4n) is 1.78. The summed E-state index contributed by atoms with van der Waals surface area (Å²) < 4.78 is 29.6. The topological polar surface area (TPSA) is 38.3 Å². The Morgan fingerprint density at radius 2 is 1.91 bits per heavy atom. The van der Waals surface area contributed by atoms with Gasteiger partial charge in [-0.1, -0.05) is 23.4 Å². The molecule has 0 heterocycles. The van der Waals surface area contributed by atoms with Gasteiger partial charge in [0.25, 0.3) is 11.7 Å². The lowest BCUT2D eigenvalue weighted by Crippen LogP contribution is -2.13. The molecule has 0 saturated carbocycles. The minimum Gasteiger partial charge on any atom is -0.496 e. The predicted molar refractivity (Wildman–Crippen MR) is 84.3 cm³/mol. The quantitative estimate of drug-likeness (QED) is 0.783. The number of alkyl halides is 2. The van der Waals surface area contributed by atoms with Crippen molar-refractivity contribution >= 4 is 35.0 Å². The number of anilines is 1. The number of rotatable bonds is 5. The first kappa shape index (κ1) is 16.6. The molecule has 2 aromatic carbocycles. The summed E-state index contributed by atoms with van der Waals surface area (Å²) in [4.78, 5) is 12.7. The summed E-state index contributed by atoms with van der Waals surface area (Å²) in [5.41, 5.74) is 0.784. The van der Waals surface area contributed by atoms with E-state index in [-0.39, 0.29) is 0 Å². The Hall–Kier alpha value is -1.79. The SMILES string of the molecule is COc1ccc(Cl)cc1C(=O)Nc1ccc(SC(F)F)cc1. The maximum atomic E-state index is 12.2. The number of thioether (sulfide) groups is 1. The van der Waals surface area contributed by atoms with Crippen LogP contribution in [0.3, 0.4) is 0 Å². The third-order valence-corrected chi connectivity index (χ3v) is 3.70. The Kier molecular flexibility index (Phi) is 5.63. The van der Waals surface area contributed by atoms with Crippen LogP contribution in [-0.4, -0.2) is 18.8 Å². The number of carbonyl (C=O) groups is 1. The number of amides is 1. The Morgan fingerprint density at radius 1 is 1.23 bits per heavy atom. The predicted octanol–water partition coefficient (Wildman–Crippen LogP) is 4.92. The number of hydrogen-bond donors (Lipinski definition) is 1. The highest BCUT2D eigenvalue weighted by molar-refractivity contribution is 7.99. The summed E-state index contributed by atoms with van der Waals surface area (Å²) in [5.74, 6) is -2.48. The van der Waals surface area contributed by atoms with Crippen molar-refractivity contribution in [1.29, 1.82) is 0 Å². The Labute approximate surface area is 135 Å². The molecule has 1 N–H and O–H groups in total. The fourth-order valence-corrected chi connectivity index (χ4v) is 2.45. The second-order valence-corrected chi connectivity index (χ2v) is 5.70. The lowest BCUT2D eigenvalue weighted by molar-refractivity contribution is 0.102. The number of halogens is 3. The van der Waals surface area contributed by atoms with Crippen molar-refractivity contribution in [1.82, 2.24) is 0 Å². The molecule has 0 saturated heterocycles. The zero-order chi connectivity index (χ0) is 16.1. The summed E-state index contributed by atoms with van der Waals surface area (Å²) in [5, 5.41) is 3.08. The van der Waals surface area contributed by atoms with E-state index >= 15 is 0 Å². The first-order valence-electron chi connectivity index (χ1n) is 6.19. The van der Waals surface area contributed by atoms with Crippen LogP contribution in [0.25, 0.3) is 0 Å². The van der Waals surface area contributed by atoms with Gasteiger partial charge in [-0.05, 0) is 42.5 Å². The highest BCUT2D eigenvalue weighted by atomic mass is 35.5. The van der Waals surface area contributed by atoms with Crippen LogP contribution in [-0.2, 0) is 0 Å². The van der Waals surface area contributed by atoms with Crippen molar-refractivity contribution in [3.63, 3.8) is 0 Å². The second-order valence-electron chi connectivity index (χ2n) is 4.20. The van der Waals surface area contributed by atoms with E-state index in [0.717, 1.165) is 0 Å². The van der Waals surface area contributed by atoms with Crippen LogP contribution < -0.4 is 10.1 Å². The monoisotopic (exact) mass is 343 g/mol. The lowest BCUT2D eigenvalue weighted by Gasteiger charge is -2.10. The van der Waals surface area contributed by atoms with E-state index in [1.807, 2.05) is 0 Å². The first-order valence-corrected chi connectivity index (χ1v) is 7.45. The molecule has 22 heavy (non-hydrogen) atoms. The van der Waals surface area contributed by atoms with Gasteiger partial charge in [0.05, 0.1) is 12.7 Å². The summed E-state index contributed by atoms with van der Waals surface area (Å²) in [7, 11) is 1.45. The molecule has 0 aromatic heterocycles. The summed E-state index contributed by atoms with van der Waals surface area (Å²) in [6.07, 6.45) is 0. The standard InChI is InChI=1S/C15H12ClF2NO2S/c1-21-13-7-2-9(16)8-12(13)14(20)19-10-3-5-11(6-4-10)22-15(17)18/h2-8,15H,1H3,(H,19,20). The van der Waals surface area contributed by atoms with Crippen LogP contribution in [0.15, 0.2) is 47.4 Å². The van der Waals surface area contributed by atoms with Gasteiger partial charge in [0, 0.05) is 15.6 Å². The van der Waals surface area contributed by atoms with Crippen molar-refractivity contribution in [3.8, 4) is 5.75 Å². The van der Waals surface area contributed by atoms with Crippen molar-refractivity contribution < 1.29 is 18.3 Å². The van der Waals surface area contributed by atoms with E-state index in [4.69, 9.17) is 16.3 Å². The molecule has 0 bridgehead atoms. The molecule has 0 atom stereocenters. The van der Waals surface area contributed by atoms with Gasteiger partial charge in [-0.15, -0.1) is 0 Å². The smallest absolute Gasteiger partial charge is 0.288 e. The maximum Gasteiger partial charge on any atom is 0.288 e. The van der Waals surface area contributed by atoms with Gasteiger partial charge in [0.1, 0.15) is 5.75 Å². The highest BCUT2D eigenvalue weighted by Gasteiger charge is 2.13. The molecule has 2 aromatic rings. The van der Waals surface area contributed by atoms with Crippen LogP contribution in [0.2, 0.25) is 5.02 Å². The van der Waals surface area contributed by atoms with Gasteiger partial charge in [-0.2, -0.15) is 8.78 Å². The third-order valence-electron chi connectivity index (χ3n) is 2.74. The molecule has 0 fully saturated rings. The van der Waals surface area contributed by atoms with Gasteiger partial charge >= 0.3 is 0 Å². The average molecular weight is 344 g/mol. The average Bonchev–Trinajstić information content (AvgIpc) is 2.48. The summed E-state index contributed by atoms with van der Waals surface area (Å²) in [6.45, 7) is 0. The van der Waals surface area contributed by atoms with E-state index in [9.17, 15) is 13.6 Å². The molecule has 3 nitrogen and oxygen atoms in total. The van der Waals surface area contributed by atoms with E-state index < -0.39 is 11.7 Å². The molecular weight excluding hydrogens is 332 g/mol. The molecule has 116 valence electrons. The van der Waals surface area contributed by atoms with Crippen molar-refractivity contribution in [2.75, 3.05) is 12.4 Å². The van der Waals surface area contributed by atoms with Crippen LogP contribution in [0, 0.1) is 0 Å². The molecule has 1 amide bonds. The Morgan fingerprint density at radius 3 is 2.50 bits per heavy atom. The van der Waals surface area contributed by atoms with Crippen LogP contribution in [0.4, 0.5) is 14.5 Å². The molecule has 7 heteroatoms. The van der Waals surface area contributed by atoms with E-state index in [1.54, 1.807) is 24.3 Å². The van der Waals surface area contributed by atoms with Crippen molar-refractivity contribution in [3.05, 3.63) is 53.1 Å². The maximum absolute atomic E-state index is 12.2. The van der Waals surface area contributed by atoms with Crippen molar-refractivity contribution in [2.45, 2.75) is 10.7 Å². The van der Waals surface area contributed by atoms with Gasteiger partial charge in [-0.3, -0.25) is 4.79 Å². The fraction of sp³-hybridized carbons (Fsp3) is 0.133. The van der Waals surface area contributed by atoms with Gasteiger partial charge in [-0.25, -0.2) is 0 Å². The summed E-state index contributed by atoms with van der Waals surface area (Å²) in [6, 6.07) is 10.9. The molecule has 0 aliphatic carbocycles. The number of hydrogen-bond acceptors (Lipinski definition) is 3. The number of methoxy groups -OCH3 is 1. The molecule has 2 rings (SSSR count).